The van der Waals surface area contributed by atoms with Gasteiger partial charge in [-0.1, -0.05) is 6.07 Å². The molecule has 0 aromatic heterocycles. The van der Waals surface area contributed by atoms with Crippen LogP contribution >= 0.6 is 0 Å². The van der Waals surface area contributed by atoms with Gasteiger partial charge in [-0.05, 0) is 31.9 Å². The third kappa shape index (κ3) is 3.06. The number of nitrogens with two attached hydrogens (primary N) is 1. The van der Waals surface area contributed by atoms with Crippen LogP contribution in [0.15, 0.2) is 18.2 Å². The van der Waals surface area contributed by atoms with Crippen molar-refractivity contribution in [1.29, 1.82) is 0 Å². The summed E-state index contributed by atoms with van der Waals surface area (Å²) < 4.78 is 51.8. The largest absolute Gasteiger partial charge is 0.391 e. The number of piperidine rings is 1. The number of halogens is 4. The van der Waals surface area contributed by atoms with Gasteiger partial charge in [-0.3, -0.25) is 0 Å². The van der Waals surface area contributed by atoms with E-state index in [0.717, 1.165) is 0 Å². The fourth-order valence-corrected chi connectivity index (χ4v) is 2.70. The highest BCUT2D eigenvalue weighted by atomic mass is 19.4. The van der Waals surface area contributed by atoms with Crippen molar-refractivity contribution in [3.8, 4) is 0 Å². The highest BCUT2D eigenvalue weighted by molar-refractivity contribution is 5.55. The summed E-state index contributed by atoms with van der Waals surface area (Å²) in [6.07, 6.45) is -4.06. The minimum Gasteiger partial charge on any atom is -0.371 e. The van der Waals surface area contributed by atoms with Gasteiger partial charge >= 0.3 is 6.18 Å². The van der Waals surface area contributed by atoms with Crippen LogP contribution in [0.3, 0.4) is 0 Å². The number of rotatable bonds is 2. The van der Waals surface area contributed by atoms with E-state index in [4.69, 9.17) is 5.73 Å². The second-order valence-corrected chi connectivity index (χ2v) is 5.26. The predicted octanol–water partition coefficient (Wildman–Crippen LogP) is 3.62. The van der Waals surface area contributed by atoms with Crippen LogP contribution in [0.1, 0.15) is 31.4 Å². The Morgan fingerprint density at radius 1 is 1.25 bits per heavy atom. The summed E-state index contributed by atoms with van der Waals surface area (Å²) in [7, 11) is 0. The van der Waals surface area contributed by atoms with Crippen molar-refractivity contribution >= 4 is 5.69 Å². The Hall–Kier alpha value is -1.30. The van der Waals surface area contributed by atoms with Crippen molar-refractivity contribution in [2.45, 2.75) is 32.0 Å². The van der Waals surface area contributed by atoms with Crippen molar-refractivity contribution in [2.24, 2.45) is 11.7 Å². The van der Waals surface area contributed by atoms with Crippen LogP contribution in [0.5, 0.6) is 0 Å². The summed E-state index contributed by atoms with van der Waals surface area (Å²) in [6, 6.07) is 4.11. The fraction of sp³-hybridized carbons (Fsp3) is 0.571. The first-order valence-electron chi connectivity index (χ1n) is 6.66. The molecule has 112 valence electrons. The van der Waals surface area contributed by atoms with Crippen LogP contribution in [0.4, 0.5) is 23.2 Å². The van der Waals surface area contributed by atoms with Gasteiger partial charge < -0.3 is 10.6 Å². The monoisotopic (exact) mass is 290 g/mol. The van der Waals surface area contributed by atoms with Crippen molar-refractivity contribution in [1.82, 2.24) is 0 Å². The molecular formula is C14H18F4N2. The summed E-state index contributed by atoms with van der Waals surface area (Å²) in [5.41, 5.74) is 6.76. The number of hydrogen-bond donors (Lipinski definition) is 1. The molecule has 20 heavy (non-hydrogen) atoms. The lowest BCUT2D eigenvalue weighted by Gasteiger charge is -2.36. The van der Waals surface area contributed by atoms with E-state index in [1.54, 1.807) is 24.0 Å². The summed E-state index contributed by atoms with van der Waals surface area (Å²) >= 11 is 0. The van der Waals surface area contributed by atoms with E-state index in [2.05, 4.69) is 0 Å². The average Bonchev–Trinajstić information content (AvgIpc) is 2.37. The number of alkyl halides is 3. The Morgan fingerprint density at radius 2 is 1.85 bits per heavy atom. The number of anilines is 1. The topological polar surface area (TPSA) is 29.3 Å². The van der Waals surface area contributed by atoms with Crippen LogP contribution in [-0.2, 0) is 0 Å². The highest BCUT2D eigenvalue weighted by Crippen LogP contribution is 2.37. The second kappa shape index (κ2) is 5.60. The molecule has 0 saturated carbocycles. The second-order valence-electron chi connectivity index (χ2n) is 5.26. The quantitative estimate of drug-likeness (QED) is 0.843. The lowest BCUT2D eigenvalue weighted by Crippen LogP contribution is -2.39. The summed E-state index contributed by atoms with van der Waals surface area (Å²) in [5.74, 6) is -1.67. The van der Waals surface area contributed by atoms with Gasteiger partial charge in [-0.15, -0.1) is 0 Å². The van der Waals surface area contributed by atoms with Crippen molar-refractivity contribution in [3.05, 3.63) is 29.6 Å². The molecular weight excluding hydrogens is 272 g/mol. The van der Waals surface area contributed by atoms with Crippen LogP contribution < -0.4 is 10.6 Å². The molecule has 2 N–H and O–H groups in total. The molecule has 0 bridgehead atoms. The average molecular weight is 290 g/mol. The first-order valence-corrected chi connectivity index (χ1v) is 6.66. The maximum Gasteiger partial charge on any atom is 0.391 e. The standard InChI is InChI=1S/C14H18F4N2/c1-9(19)13-11(15)3-2-4-12(13)20-7-5-10(6-8-20)14(16,17)18/h2-4,9-10H,5-8,19H2,1H3. The zero-order valence-electron chi connectivity index (χ0n) is 11.3. The molecule has 1 heterocycles. The third-order valence-electron chi connectivity index (χ3n) is 3.78. The molecule has 0 amide bonds. The van der Waals surface area contributed by atoms with Crippen LogP contribution in [0, 0.1) is 11.7 Å². The maximum absolute atomic E-state index is 13.8. The Balaban J connectivity index is 2.17. The zero-order valence-corrected chi connectivity index (χ0v) is 11.3. The van der Waals surface area contributed by atoms with E-state index in [-0.39, 0.29) is 25.9 Å². The first kappa shape index (κ1) is 15.1. The van der Waals surface area contributed by atoms with Gasteiger partial charge in [0.15, 0.2) is 0 Å². The van der Waals surface area contributed by atoms with Gasteiger partial charge in [-0.25, -0.2) is 4.39 Å². The van der Waals surface area contributed by atoms with E-state index >= 15 is 0 Å². The van der Waals surface area contributed by atoms with Crippen LogP contribution in [0.25, 0.3) is 0 Å². The number of benzene rings is 1. The molecule has 2 nitrogen and oxygen atoms in total. The molecule has 1 aliphatic heterocycles. The molecule has 1 atom stereocenters. The van der Waals surface area contributed by atoms with E-state index in [1.807, 2.05) is 0 Å². The van der Waals surface area contributed by atoms with Gasteiger partial charge in [0.2, 0.25) is 0 Å². The predicted molar refractivity (Wildman–Crippen MR) is 70.0 cm³/mol. The Bertz CT molecular complexity index is 463. The molecule has 1 aromatic carbocycles. The summed E-state index contributed by atoms with van der Waals surface area (Å²) in [4.78, 5) is 1.80. The highest BCUT2D eigenvalue weighted by Gasteiger charge is 2.41. The fourth-order valence-electron chi connectivity index (χ4n) is 2.70. The number of hydrogen-bond acceptors (Lipinski definition) is 2. The number of nitrogens with zero attached hydrogens (tertiary/aromatic N) is 1. The SMILES string of the molecule is CC(N)c1c(F)cccc1N1CCC(C(F)(F)F)CC1. The molecule has 1 aliphatic rings. The smallest absolute Gasteiger partial charge is 0.371 e. The van der Waals surface area contributed by atoms with Crippen LogP contribution in [-0.4, -0.2) is 19.3 Å². The minimum atomic E-state index is -4.14. The molecule has 1 aromatic rings. The zero-order chi connectivity index (χ0) is 14.9. The van der Waals surface area contributed by atoms with Gasteiger partial charge in [-0.2, -0.15) is 13.2 Å². The normalized spacial score (nSPS) is 19.2. The lowest BCUT2D eigenvalue weighted by molar-refractivity contribution is -0.179. The first-order chi connectivity index (χ1) is 9.30. The molecule has 1 fully saturated rings. The minimum absolute atomic E-state index is 0.0401. The molecule has 1 saturated heterocycles. The van der Waals surface area contributed by atoms with Crippen molar-refractivity contribution < 1.29 is 17.6 Å². The molecule has 0 radical (unpaired) electrons. The van der Waals surface area contributed by atoms with Gasteiger partial charge in [0, 0.05) is 30.4 Å². The van der Waals surface area contributed by atoms with E-state index in [1.165, 1.54) is 6.07 Å². The van der Waals surface area contributed by atoms with Gasteiger partial charge in [0.05, 0.1) is 5.92 Å². The molecule has 0 aliphatic carbocycles. The molecule has 6 heteroatoms. The third-order valence-corrected chi connectivity index (χ3v) is 3.78. The Labute approximate surface area is 115 Å². The maximum atomic E-state index is 13.8. The van der Waals surface area contributed by atoms with Crippen molar-refractivity contribution in [2.75, 3.05) is 18.0 Å². The molecule has 1 unspecified atom stereocenters. The van der Waals surface area contributed by atoms with E-state index < -0.39 is 24.0 Å². The molecule has 2 rings (SSSR count). The Kier molecular flexibility index (Phi) is 4.22. The summed E-state index contributed by atoms with van der Waals surface area (Å²) in [6.45, 7) is 2.21. The van der Waals surface area contributed by atoms with Gasteiger partial charge in [0.1, 0.15) is 5.82 Å². The Morgan fingerprint density at radius 3 is 2.35 bits per heavy atom. The van der Waals surface area contributed by atoms with E-state index in [9.17, 15) is 17.6 Å². The summed E-state index contributed by atoms with van der Waals surface area (Å²) in [5, 5.41) is 0. The van der Waals surface area contributed by atoms with Crippen LogP contribution in [0.2, 0.25) is 0 Å². The van der Waals surface area contributed by atoms with E-state index in [0.29, 0.717) is 11.3 Å². The lowest BCUT2D eigenvalue weighted by atomic mass is 9.94. The van der Waals surface area contributed by atoms with Gasteiger partial charge in [0.25, 0.3) is 0 Å². The molecule has 0 spiro atoms. The van der Waals surface area contributed by atoms with Crippen molar-refractivity contribution in [3.63, 3.8) is 0 Å².